The third-order valence-corrected chi connectivity index (χ3v) is 6.93. The monoisotopic (exact) mass is 605 g/mol. The van der Waals surface area contributed by atoms with Crippen LogP contribution in [0.3, 0.4) is 0 Å². The number of carbonyl (C=O) groups excluding carboxylic acids is 2. The molecule has 0 spiro atoms. The summed E-state index contributed by atoms with van der Waals surface area (Å²) in [6, 6.07) is 17.1. The lowest BCUT2D eigenvalue weighted by molar-refractivity contribution is 0.0207. The highest BCUT2D eigenvalue weighted by Gasteiger charge is 2.20. The van der Waals surface area contributed by atoms with Gasteiger partial charge in [-0.15, -0.1) is 11.6 Å². The van der Waals surface area contributed by atoms with Crippen molar-refractivity contribution in [1.29, 1.82) is 0 Å². The summed E-state index contributed by atoms with van der Waals surface area (Å²) in [5, 5.41) is 5.69. The summed E-state index contributed by atoms with van der Waals surface area (Å²) >= 11 is 5.71. The third-order valence-electron chi connectivity index (χ3n) is 6.66. The molecule has 0 unspecified atom stereocenters. The van der Waals surface area contributed by atoms with E-state index in [-0.39, 0.29) is 6.03 Å². The van der Waals surface area contributed by atoms with Gasteiger partial charge in [0.25, 0.3) is 0 Å². The summed E-state index contributed by atoms with van der Waals surface area (Å²) in [6.07, 6.45) is 2.83. The summed E-state index contributed by atoms with van der Waals surface area (Å²) in [6.45, 7) is 10.5. The molecular formula is C33H40ClN5O4. The lowest BCUT2D eigenvalue weighted by atomic mass is 10.0. The summed E-state index contributed by atoms with van der Waals surface area (Å²) in [5.74, 6) is 1.87. The van der Waals surface area contributed by atoms with Gasteiger partial charge in [-0.3, -0.25) is 0 Å². The number of benzene rings is 2. The van der Waals surface area contributed by atoms with E-state index in [4.69, 9.17) is 31.0 Å². The topological polar surface area (TPSA) is 107 Å². The first-order chi connectivity index (χ1) is 20.6. The average molecular weight is 606 g/mol. The summed E-state index contributed by atoms with van der Waals surface area (Å²) in [7, 11) is 0. The van der Waals surface area contributed by atoms with E-state index in [0.717, 1.165) is 52.9 Å². The molecule has 0 aliphatic rings. The van der Waals surface area contributed by atoms with Crippen molar-refractivity contribution in [3.63, 3.8) is 0 Å². The fourth-order valence-electron chi connectivity index (χ4n) is 4.57. The number of hydrogen-bond donors (Lipinski definition) is 2. The number of urea groups is 1. The molecule has 2 aromatic heterocycles. The smallest absolute Gasteiger partial charge is 0.428 e. The van der Waals surface area contributed by atoms with E-state index in [1.165, 1.54) is 0 Å². The van der Waals surface area contributed by atoms with Crippen LogP contribution in [0.25, 0.3) is 22.3 Å². The van der Waals surface area contributed by atoms with Gasteiger partial charge < -0.3 is 24.7 Å². The van der Waals surface area contributed by atoms with Gasteiger partial charge in [-0.2, -0.15) is 0 Å². The maximum absolute atomic E-state index is 12.3. The van der Waals surface area contributed by atoms with Crippen LogP contribution < -0.4 is 15.4 Å². The number of aryl methyl sites for hydroxylation is 2. The molecule has 0 fully saturated rings. The number of unbranched alkanes of at least 4 members (excludes halogenated alkanes) is 1. The molecule has 2 aromatic carbocycles. The minimum Gasteiger partial charge on any atom is -0.428 e. The van der Waals surface area contributed by atoms with Crippen molar-refractivity contribution in [2.45, 2.75) is 72.4 Å². The first kappa shape index (κ1) is 31.8. The standard InChI is InChI=1S/C33H40ClN5O4/c1-6-7-13-29-37-27-20-26(38-31(40)35-19-10-18-34)22(2)36-30(27)39(29)21-23-14-16-24(17-15-23)25-11-8-9-12-28(25)42-32(41)43-33(3,4)5/h8-9,11-12,14-17,20H,6-7,10,13,18-19,21H2,1-5H3,(H2,35,38,40). The molecule has 9 nitrogen and oxygen atoms in total. The van der Waals surface area contributed by atoms with Crippen molar-refractivity contribution < 1.29 is 19.1 Å². The van der Waals surface area contributed by atoms with Crippen LogP contribution in [0.5, 0.6) is 5.75 Å². The highest BCUT2D eigenvalue weighted by atomic mass is 35.5. The van der Waals surface area contributed by atoms with Crippen molar-refractivity contribution in [2.24, 2.45) is 0 Å². The molecule has 10 heteroatoms. The lowest BCUT2D eigenvalue weighted by Crippen LogP contribution is -2.30. The van der Waals surface area contributed by atoms with Crippen molar-refractivity contribution in [3.05, 3.63) is 71.7 Å². The number of pyridine rings is 1. The minimum atomic E-state index is -0.740. The number of nitrogens with one attached hydrogen (secondary N) is 2. The molecule has 0 aliphatic heterocycles. The molecule has 2 N–H and O–H groups in total. The molecule has 4 aromatic rings. The maximum atomic E-state index is 12.3. The zero-order valence-corrected chi connectivity index (χ0v) is 26.3. The normalized spacial score (nSPS) is 11.4. The zero-order chi connectivity index (χ0) is 31.0. The molecule has 2 heterocycles. The second-order valence-electron chi connectivity index (χ2n) is 11.4. The predicted molar refractivity (Wildman–Crippen MR) is 171 cm³/mol. The fourth-order valence-corrected chi connectivity index (χ4v) is 4.70. The fraction of sp³-hybridized carbons (Fsp3) is 0.394. The Labute approximate surface area is 258 Å². The highest BCUT2D eigenvalue weighted by molar-refractivity contribution is 6.17. The van der Waals surface area contributed by atoms with Gasteiger partial charge in [-0.05, 0) is 63.8 Å². The van der Waals surface area contributed by atoms with E-state index in [1.54, 1.807) is 26.8 Å². The van der Waals surface area contributed by atoms with Crippen LogP contribution in [0, 0.1) is 6.92 Å². The van der Waals surface area contributed by atoms with E-state index in [2.05, 4.69) is 34.3 Å². The Morgan fingerprint density at radius 2 is 1.77 bits per heavy atom. The highest BCUT2D eigenvalue weighted by Crippen LogP contribution is 2.31. The van der Waals surface area contributed by atoms with E-state index in [1.807, 2.05) is 43.3 Å². The van der Waals surface area contributed by atoms with E-state index >= 15 is 0 Å². The molecule has 0 saturated carbocycles. The van der Waals surface area contributed by atoms with Crippen LogP contribution in [0.1, 0.15) is 64.0 Å². The Balaban J connectivity index is 1.58. The molecule has 43 heavy (non-hydrogen) atoms. The van der Waals surface area contributed by atoms with Crippen LogP contribution in [-0.4, -0.2) is 44.7 Å². The number of rotatable bonds is 11. The Hall–Kier alpha value is -4.11. The number of ether oxygens (including phenoxy) is 2. The molecule has 2 amide bonds. The number of para-hydroxylation sites is 1. The van der Waals surface area contributed by atoms with Crippen molar-refractivity contribution in [1.82, 2.24) is 19.9 Å². The Morgan fingerprint density at radius 3 is 2.47 bits per heavy atom. The molecule has 4 rings (SSSR count). The number of halogens is 1. The number of hydrogen-bond acceptors (Lipinski definition) is 6. The Bertz CT molecular complexity index is 1560. The van der Waals surface area contributed by atoms with Gasteiger partial charge in [0.1, 0.15) is 22.7 Å². The van der Waals surface area contributed by atoms with Gasteiger partial charge >= 0.3 is 12.2 Å². The Morgan fingerprint density at radius 1 is 1.02 bits per heavy atom. The average Bonchev–Trinajstić information content (AvgIpc) is 3.27. The summed E-state index contributed by atoms with van der Waals surface area (Å²) in [5.41, 5.74) is 4.98. The van der Waals surface area contributed by atoms with E-state index in [9.17, 15) is 9.59 Å². The summed E-state index contributed by atoms with van der Waals surface area (Å²) in [4.78, 5) is 34.4. The first-order valence-corrected chi connectivity index (χ1v) is 15.2. The van der Waals surface area contributed by atoms with Crippen molar-refractivity contribution in [3.8, 4) is 16.9 Å². The van der Waals surface area contributed by atoms with Crippen LogP contribution in [0.4, 0.5) is 15.3 Å². The van der Waals surface area contributed by atoms with Crippen LogP contribution >= 0.6 is 11.6 Å². The van der Waals surface area contributed by atoms with Gasteiger partial charge in [0.2, 0.25) is 0 Å². The largest absolute Gasteiger partial charge is 0.514 e. The number of alkyl halides is 1. The number of imidazole rings is 1. The molecule has 0 bridgehead atoms. The molecule has 0 radical (unpaired) electrons. The number of fused-ring (bicyclic) bond motifs is 1. The van der Waals surface area contributed by atoms with E-state index < -0.39 is 11.8 Å². The lowest BCUT2D eigenvalue weighted by Gasteiger charge is -2.19. The van der Waals surface area contributed by atoms with Gasteiger partial charge in [0.05, 0.1) is 17.9 Å². The SMILES string of the molecule is CCCCc1nc2cc(NC(=O)NCCCCl)c(C)nc2n1Cc1ccc(-c2ccccc2OC(=O)OC(C)(C)C)cc1. The number of aromatic nitrogens is 3. The van der Waals surface area contributed by atoms with E-state index in [0.29, 0.717) is 42.5 Å². The van der Waals surface area contributed by atoms with Crippen molar-refractivity contribution >= 4 is 40.6 Å². The van der Waals surface area contributed by atoms with Gasteiger partial charge in [0.15, 0.2) is 5.65 Å². The molecule has 228 valence electrons. The third kappa shape index (κ3) is 8.70. The molecule has 0 saturated heterocycles. The Kier molecular flexibility index (Phi) is 10.6. The maximum Gasteiger partial charge on any atom is 0.514 e. The van der Waals surface area contributed by atoms with Crippen LogP contribution in [0.15, 0.2) is 54.6 Å². The molecule has 0 aliphatic carbocycles. The quantitative estimate of drug-likeness (QED) is 0.0780. The summed E-state index contributed by atoms with van der Waals surface area (Å²) < 4.78 is 13.0. The number of nitrogens with zero attached hydrogens (tertiary/aromatic N) is 3. The van der Waals surface area contributed by atoms with Gasteiger partial charge in [-0.25, -0.2) is 19.6 Å². The second-order valence-corrected chi connectivity index (χ2v) is 11.7. The second kappa shape index (κ2) is 14.4. The molecule has 0 atom stereocenters. The number of carbonyl (C=O) groups is 2. The van der Waals surface area contributed by atoms with Gasteiger partial charge in [-0.1, -0.05) is 55.8 Å². The van der Waals surface area contributed by atoms with Crippen LogP contribution in [0.2, 0.25) is 0 Å². The molecular weight excluding hydrogens is 566 g/mol. The first-order valence-electron chi connectivity index (χ1n) is 14.6. The minimum absolute atomic E-state index is 0.293. The van der Waals surface area contributed by atoms with Gasteiger partial charge in [0, 0.05) is 24.4 Å². The number of amides is 2. The van der Waals surface area contributed by atoms with Crippen molar-refractivity contribution in [2.75, 3.05) is 17.7 Å². The number of anilines is 1. The predicted octanol–water partition coefficient (Wildman–Crippen LogP) is 7.86. The zero-order valence-electron chi connectivity index (χ0n) is 25.5. The van der Waals surface area contributed by atoms with Crippen LogP contribution in [-0.2, 0) is 17.7 Å².